The summed E-state index contributed by atoms with van der Waals surface area (Å²) >= 11 is 0. The molecule has 0 spiro atoms. The van der Waals surface area contributed by atoms with Gasteiger partial charge >= 0.3 is 0 Å². The third-order valence-corrected chi connectivity index (χ3v) is 9.55. The Morgan fingerprint density at radius 2 is 1.24 bits per heavy atom. The fraction of sp³-hybridized carbons (Fsp3) is 0.457. The van der Waals surface area contributed by atoms with Gasteiger partial charge in [0.2, 0.25) is 0 Å². The molecule has 2 rings (SSSR count). The van der Waals surface area contributed by atoms with Crippen LogP contribution in [0.3, 0.4) is 0 Å². The van der Waals surface area contributed by atoms with Gasteiger partial charge in [0.1, 0.15) is 30.5 Å². The molecule has 0 aromatic heterocycles. The van der Waals surface area contributed by atoms with Crippen molar-refractivity contribution in [1.82, 2.24) is 0 Å². The smallest absolute Gasteiger partial charge is 0.187 e. The van der Waals surface area contributed by atoms with Crippen LogP contribution >= 0.6 is 0 Å². The maximum atomic E-state index is 12.2. The highest BCUT2D eigenvalue weighted by atomic mass is 16.7. The number of carbonyl (C=O) groups excluding carboxylic acids is 1. The first-order valence-electron chi connectivity index (χ1n) is 18.6. The van der Waals surface area contributed by atoms with Crippen molar-refractivity contribution in [2.45, 2.75) is 124 Å². The largest absolute Gasteiger partial charge is 0.394 e. The van der Waals surface area contributed by atoms with Crippen LogP contribution in [0.15, 0.2) is 142 Å². The lowest BCUT2D eigenvalue weighted by Crippen LogP contribution is -2.61. The van der Waals surface area contributed by atoms with Gasteiger partial charge in [0.15, 0.2) is 12.1 Å². The molecule has 1 heterocycles. The van der Waals surface area contributed by atoms with Gasteiger partial charge in [-0.2, -0.15) is 0 Å². The summed E-state index contributed by atoms with van der Waals surface area (Å²) in [7, 11) is 0. The summed E-state index contributed by atoms with van der Waals surface area (Å²) in [5, 5.41) is 50.4. The molecule has 2 aliphatic rings. The van der Waals surface area contributed by atoms with Crippen molar-refractivity contribution in [1.29, 1.82) is 0 Å². The average molecular weight is 745 g/mol. The Balaban J connectivity index is 1.87. The summed E-state index contributed by atoms with van der Waals surface area (Å²) in [6, 6.07) is 0. The van der Waals surface area contributed by atoms with Gasteiger partial charge in [0.25, 0.3) is 0 Å². The van der Waals surface area contributed by atoms with E-state index in [4.69, 9.17) is 9.47 Å². The van der Waals surface area contributed by atoms with E-state index in [1.54, 1.807) is 26.0 Å². The van der Waals surface area contributed by atoms with E-state index in [0.717, 1.165) is 45.4 Å². The zero-order valence-electron chi connectivity index (χ0n) is 33.9. The predicted octanol–water partition coefficient (Wildman–Crippen LogP) is 7.72. The number of rotatable bonds is 16. The van der Waals surface area contributed by atoms with Crippen molar-refractivity contribution in [2.75, 3.05) is 6.61 Å². The van der Waals surface area contributed by atoms with E-state index in [1.807, 2.05) is 82.4 Å². The molecule has 6 atom stereocenters. The first-order chi connectivity index (χ1) is 25.3. The number of Topliss-reactive ketones (excluding diaryl/α,β-unsaturated/α-hetero) is 1. The van der Waals surface area contributed by atoms with Gasteiger partial charge in [0.05, 0.1) is 12.2 Å². The van der Waals surface area contributed by atoms with Crippen molar-refractivity contribution < 1.29 is 39.8 Å². The number of hydrogen-bond donors (Lipinski definition) is 5. The number of aliphatic hydroxyl groups excluding tert-OH is 5. The van der Waals surface area contributed by atoms with Crippen molar-refractivity contribution in [3.05, 3.63) is 142 Å². The SMILES string of the molecule is CC(C=CC=C(C)C=CC(O)C(C)(C)OC1OC(CO)C(O)C(O)C1O)=CC=CC(C)=C/C=C/C=C(C)/C=C/C=C(C)/C=C/C1=C(C)C(=O)CCC1(C)C. The molecule has 0 radical (unpaired) electrons. The summed E-state index contributed by atoms with van der Waals surface area (Å²) in [6.45, 7) is 19.1. The van der Waals surface area contributed by atoms with Gasteiger partial charge in [0, 0.05) is 6.42 Å². The quantitative estimate of drug-likeness (QED) is 0.101. The molecule has 296 valence electrons. The monoisotopic (exact) mass is 744 g/mol. The van der Waals surface area contributed by atoms with Gasteiger partial charge in [-0.3, -0.25) is 4.79 Å². The summed E-state index contributed by atoms with van der Waals surface area (Å²) in [5.74, 6) is 0.253. The van der Waals surface area contributed by atoms with E-state index in [2.05, 4.69) is 64.2 Å². The minimum atomic E-state index is -1.56. The number of aliphatic hydroxyl groups is 5. The second kappa shape index (κ2) is 22.0. The van der Waals surface area contributed by atoms with E-state index in [0.29, 0.717) is 6.42 Å². The minimum absolute atomic E-state index is 0.0162. The molecule has 8 nitrogen and oxygen atoms in total. The maximum Gasteiger partial charge on any atom is 0.187 e. The third kappa shape index (κ3) is 15.2. The molecular formula is C46H64O8. The Kier molecular flexibility index (Phi) is 18.9. The van der Waals surface area contributed by atoms with Crippen LogP contribution in [0, 0.1) is 5.41 Å². The Labute approximate surface area is 323 Å². The van der Waals surface area contributed by atoms with Crippen LogP contribution in [-0.4, -0.2) is 80.3 Å². The number of hydrogen-bond acceptors (Lipinski definition) is 8. The molecular weight excluding hydrogens is 680 g/mol. The van der Waals surface area contributed by atoms with Crippen LogP contribution in [0.25, 0.3) is 0 Å². The van der Waals surface area contributed by atoms with Gasteiger partial charge in [-0.15, -0.1) is 0 Å². The van der Waals surface area contributed by atoms with Crippen molar-refractivity contribution >= 4 is 5.78 Å². The summed E-state index contributed by atoms with van der Waals surface area (Å²) in [4.78, 5) is 12.2. The lowest BCUT2D eigenvalue weighted by molar-refractivity contribution is -0.329. The molecule has 6 unspecified atom stereocenters. The summed E-state index contributed by atoms with van der Waals surface area (Å²) < 4.78 is 11.2. The van der Waals surface area contributed by atoms with Crippen LogP contribution < -0.4 is 0 Å². The Hall–Kier alpha value is -3.73. The average Bonchev–Trinajstić information content (AvgIpc) is 3.10. The third-order valence-electron chi connectivity index (χ3n) is 9.55. The van der Waals surface area contributed by atoms with Gasteiger partial charge < -0.3 is 35.0 Å². The van der Waals surface area contributed by atoms with Gasteiger partial charge in [-0.25, -0.2) is 0 Å². The second-order valence-electron chi connectivity index (χ2n) is 15.4. The molecule has 54 heavy (non-hydrogen) atoms. The number of carbonyl (C=O) groups is 1. The molecule has 1 fully saturated rings. The molecule has 0 saturated carbocycles. The number of ether oxygens (including phenoxy) is 2. The molecule has 8 heteroatoms. The zero-order valence-corrected chi connectivity index (χ0v) is 33.9. The van der Waals surface area contributed by atoms with E-state index >= 15 is 0 Å². The number of allylic oxidation sites excluding steroid dienone is 23. The van der Waals surface area contributed by atoms with E-state index in [-0.39, 0.29) is 11.2 Å². The summed E-state index contributed by atoms with van der Waals surface area (Å²) in [5.41, 5.74) is 6.12. The molecule has 0 aromatic rings. The number of ketones is 1. The van der Waals surface area contributed by atoms with E-state index in [1.165, 1.54) is 0 Å². The molecule has 0 amide bonds. The topological polar surface area (TPSA) is 137 Å². The van der Waals surface area contributed by atoms with E-state index < -0.39 is 49.0 Å². The normalized spacial score (nSPS) is 26.7. The second-order valence-corrected chi connectivity index (χ2v) is 15.4. The molecule has 0 aromatic carbocycles. The summed E-state index contributed by atoms with van der Waals surface area (Å²) in [6.07, 6.45) is 27.1. The van der Waals surface area contributed by atoms with Gasteiger partial charge in [-0.1, -0.05) is 145 Å². The highest BCUT2D eigenvalue weighted by Gasteiger charge is 2.46. The van der Waals surface area contributed by atoms with Crippen LogP contribution in [0.1, 0.15) is 82.1 Å². The van der Waals surface area contributed by atoms with Gasteiger partial charge in [-0.05, 0) is 78.4 Å². The highest BCUT2D eigenvalue weighted by Crippen LogP contribution is 2.39. The molecule has 1 saturated heterocycles. The van der Waals surface area contributed by atoms with E-state index in [9.17, 15) is 30.3 Å². The highest BCUT2D eigenvalue weighted by molar-refractivity contribution is 5.97. The standard InChI is InChI=1S/C46H64O8/c1-31(16-11-12-17-32(2)19-14-22-34(4)24-26-37-36(6)38(48)28-29-45(37,7)8)18-13-20-33(3)21-15-23-35(5)25-27-40(49)46(9,10)54-44-43(52)42(51)41(50)39(30-47)53-44/h11-27,39-44,47,49-52H,28-30H2,1-10H3/b12-11+,18-13?,19-14+,21-15?,26-24+,27-25?,31-16?,32-17+,33-20?,34-22+,35-23?. The van der Waals surface area contributed by atoms with Crippen LogP contribution in [0.5, 0.6) is 0 Å². The van der Waals surface area contributed by atoms with Crippen LogP contribution in [0.2, 0.25) is 0 Å². The molecule has 5 N–H and O–H groups in total. The zero-order chi connectivity index (χ0) is 40.6. The fourth-order valence-electron chi connectivity index (χ4n) is 5.73. The van der Waals surface area contributed by atoms with Crippen molar-refractivity contribution in [2.24, 2.45) is 5.41 Å². The van der Waals surface area contributed by atoms with Crippen molar-refractivity contribution in [3.8, 4) is 0 Å². The first kappa shape index (κ1) is 46.4. The minimum Gasteiger partial charge on any atom is -0.394 e. The predicted molar refractivity (Wildman–Crippen MR) is 219 cm³/mol. The Morgan fingerprint density at radius 3 is 1.74 bits per heavy atom. The molecule has 1 aliphatic heterocycles. The lowest BCUT2D eigenvalue weighted by atomic mass is 9.72. The van der Waals surface area contributed by atoms with Crippen LogP contribution in [-0.2, 0) is 14.3 Å². The Bertz CT molecular complexity index is 1650. The Morgan fingerprint density at radius 1 is 0.778 bits per heavy atom. The first-order valence-corrected chi connectivity index (χ1v) is 18.6. The lowest BCUT2D eigenvalue weighted by Gasteiger charge is -2.43. The van der Waals surface area contributed by atoms with Crippen LogP contribution in [0.4, 0.5) is 0 Å². The maximum absolute atomic E-state index is 12.2. The van der Waals surface area contributed by atoms with Crippen molar-refractivity contribution in [3.63, 3.8) is 0 Å². The molecule has 1 aliphatic carbocycles. The fourth-order valence-corrected chi connectivity index (χ4v) is 5.73. The molecule has 0 bridgehead atoms.